The molecule has 124 valence electrons. The number of hydrogen-bond donors (Lipinski definition) is 3. The molecule has 3 N–H and O–H groups in total. The van der Waals surface area contributed by atoms with Crippen LogP contribution in [0.5, 0.6) is 5.75 Å². The maximum absolute atomic E-state index is 13.8. The van der Waals surface area contributed by atoms with Crippen LogP contribution in [0.2, 0.25) is 0 Å². The first kappa shape index (κ1) is 16.5. The molecule has 0 aliphatic carbocycles. The van der Waals surface area contributed by atoms with Gasteiger partial charge in [0.1, 0.15) is 17.3 Å². The smallest absolute Gasteiger partial charge is 0.267 e. The lowest BCUT2D eigenvalue weighted by molar-refractivity contribution is 0.0949. The highest BCUT2D eigenvalue weighted by atomic mass is 79.9. The van der Waals surface area contributed by atoms with E-state index >= 15 is 0 Å². The van der Waals surface area contributed by atoms with Crippen LogP contribution >= 0.6 is 15.9 Å². The van der Waals surface area contributed by atoms with Gasteiger partial charge in [-0.15, -0.1) is 0 Å². The van der Waals surface area contributed by atoms with Crippen LogP contribution in [0.15, 0.2) is 46.9 Å². The fourth-order valence-corrected chi connectivity index (χ4v) is 2.96. The lowest BCUT2D eigenvalue weighted by Crippen LogP contribution is -2.25. The molecule has 0 saturated carbocycles. The number of phenols is 1. The van der Waals surface area contributed by atoms with Crippen molar-refractivity contribution in [2.24, 2.45) is 0 Å². The number of benzene rings is 2. The summed E-state index contributed by atoms with van der Waals surface area (Å²) in [6.07, 6.45) is 1.57. The summed E-state index contributed by atoms with van der Waals surface area (Å²) in [5.41, 5.74) is 2.02. The molecule has 6 heteroatoms. The summed E-state index contributed by atoms with van der Waals surface area (Å²) in [5.74, 6) is -0.390. The second kappa shape index (κ2) is 7.05. The number of aromatic hydroxyl groups is 1. The number of phenolic OH excluding ortho intramolecular Hbond substituents is 1. The van der Waals surface area contributed by atoms with E-state index in [-0.39, 0.29) is 17.5 Å². The molecule has 0 bridgehead atoms. The Morgan fingerprint density at radius 2 is 1.96 bits per heavy atom. The van der Waals surface area contributed by atoms with E-state index in [1.807, 2.05) is 12.1 Å². The third-order valence-electron chi connectivity index (χ3n) is 3.76. The molecule has 1 heterocycles. The lowest BCUT2D eigenvalue weighted by Gasteiger charge is -2.04. The second-order valence-electron chi connectivity index (χ2n) is 5.56. The normalized spacial score (nSPS) is 10.9. The molecule has 0 saturated heterocycles. The molecule has 0 spiro atoms. The van der Waals surface area contributed by atoms with Gasteiger partial charge < -0.3 is 15.4 Å². The lowest BCUT2D eigenvalue weighted by atomic mass is 10.1. The number of aromatic nitrogens is 1. The number of aryl methyl sites for hydroxylation is 1. The van der Waals surface area contributed by atoms with Gasteiger partial charge in [-0.25, -0.2) is 4.39 Å². The highest BCUT2D eigenvalue weighted by Gasteiger charge is 2.12. The predicted octanol–water partition coefficient (Wildman–Crippen LogP) is 4.14. The zero-order chi connectivity index (χ0) is 17.1. The number of amides is 1. The van der Waals surface area contributed by atoms with Crippen molar-refractivity contribution in [1.82, 2.24) is 10.3 Å². The Morgan fingerprint density at radius 3 is 2.71 bits per heavy atom. The van der Waals surface area contributed by atoms with E-state index in [0.717, 1.165) is 18.4 Å². The molecule has 4 nitrogen and oxygen atoms in total. The van der Waals surface area contributed by atoms with Gasteiger partial charge in [-0.1, -0.05) is 28.1 Å². The first-order valence-corrected chi connectivity index (χ1v) is 8.36. The van der Waals surface area contributed by atoms with E-state index in [4.69, 9.17) is 0 Å². The molecule has 1 aromatic heterocycles. The molecule has 1 amide bonds. The quantitative estimate of drug-likeness (QED) is 0.573. The third kappa shape index (κ3) is 3.76. The first-order valence-electron chi connectivity index (χ1n) is 7.57. The number of halogens is 2. The highest BCUT2D eigenvalue weighted by molar-refractivity contribution is 9.10. The average Bonchev–Trinajstić information content (AvgIpc) is 2.97. The summed E-state index contributed by atoms with van der Waals surface area (Å²) in [6.45, 7) is 0.515. The minimum absolute atomic E-state index is 0.240. The number of fused-ring (bicyclic) bond motifs is 1. The molecule has 0 fully saturated rings. The second-order valence-corrected chi connectivity index (χ2v) is 6.47. The Kier molecular flexibility index (Phi) is 4.85. The van der Waals surface area contributed by atoms with Crippen molar-refractivity contribution in [2.45, 2.75) is 12.8 Å². The summed E-state index contributed by atoms with van der Waals surface area (Å²) < 4.78 is 14.5. The Morgan fingerprint density at radius 1 is 1.21 bits per heavy atom. The summed E-state index contributed by atoms with van der Waals surface area (Å²) in [6, 6.07) is 11.6. The number of rotatable bonds is 5. The summed E-state index contributed by atoms with van der Waals surface area (Å²) in [7, 11) is 0. The van der Waals surface area contributed by atoms with Gasteiger partial charge in [-0.05, 0) is 48.7 Å². The van der Waals surface area contributed by atoms with Gasteiger partial charge in [0.25, 0.3) is 5.91 Å². The number of carbonyl (C=O) groups excluding carboxylic acids is 1. The Balaban J connectivity index is 1.57. The molecule has 0 aliphatic heterocycles. The molecule has 0 unspecified atom stereocenters. The minimum Gasteiger partial charge on any atom is -0.508 e. The SMILES string of the molecule is O=C(NCCCc1ccc(O)cc1)c1cc2c(F)cc(Br)cc2[nH]1. The van der Waals surface area contributed by atoms with E-state index in [9.17, 15) is 14.3 Å². The Hall–Kier alpha value is -2.34. The zero-order valence-corrected chi connectivity index (χ0v) is 14.4. The topological polar surface area (TPSA) is 65.1 Å². The molecule has 0 atom stereocenters. The number of hydrogen-bond acceptors (Lipinski definition) is 2. The number of aromatic amines is 1. The van der Waals surface area contributed by atoms with Gasteiger partial charge in [0.05, 0.1) is 5.52 Å². The molecule has 2 aromatic carbocycles. The molecular formula is C18H16BrFN2O2. The molecule has 0 aliphatic rings. The van der Waals surface area contributed by atoms with Crippen LogP contribution in [-0.2, 0) is 6.42 Å². The van der Waals surface area contributed by atoms with Crippen LogP contribution in [0.25, 0.3) is 10.9 Å². The number of carbonyl (C=O) groups is 1. The molecular weight excluding hydrogens is 375 g/mol. The van der Waals surface area contributed by atoms with Crippen LogP contribution in [0.4, 0.5) is 4.39 Å². The van der Waals surface area contributed by atoms with E-state index in [2.05, 4.69) is 26.2 Å². The molecule has 0 radical (unpaired) electrons. The standard InChI is InChI=1S/C18H16BrFN2O2/c19-12-8-15(20)14-10-17(22-16(14)9-12)18(24)21-7-1-2-11-3-5-13(23)6-4-11/h3-6,8-10,22-23H,1-2,7H2,(H,21,24). The predicted molar refractivity (Wildman–Crippen MR) is 94.7 cm³/mol. The monoisotopic (exact) mass is 390 g/mol. The molecule has 3 aromatic rings. The maximum Gasteiger partial charge on any atom is 0.267 e. The van der Waals surface area contributed by atoms with Crippen LogP contribution in [0, 0.1) is 5.82 Å². The van der Waals surface area contributed by atoms with Crippen molar-refractivity contribution in [3.8, 4) is 5.75 Å². The van der Waals surface area contributed by atoms with E-state index < -0.39 is 0 Å². The van der Waals surface area contributed by atoms with Gasteiger partial charge >= 0.3 is 0 Å². The maximum atomic E-state index is 13.8. The first-order chi connectivity index (χ1) is 11.5. The van der Waals surface area contributed by atoms with Crippen molar-refractivity contribution in [3.05, 3.63) is 64.0 Å². The van der Waals surface area contributed by atoms with Gasteiger partial charge in [0, 0.05) is 16.4 Å². The Labute approximate surface area is 146 Å². The van der Waals surface area contributed by atoms with Gasteiger partial charge in [-0.2, -0.15) is 0 Å². The fraction of sp³-hybridized carbons (Fsp3) is 0.167. The number of H-pyrrole nitrogens is 1. The van der Waals surface area contributed by atoms with Gasteiger partial charge in [0.2, 0.25) is 0 Å². The molecule has 24 heavy (non-hydrogen) atoms. The van der Waals surface area contributed by atoms with Crippen molar-refractivity contribution in [3.63, 3.8) is 0 Å². The van der Waals surface area contributed by atoms with Gasteiger partial charge in [-0.3, -0.25) is 4.79 Å². The van der Waals surface area contributed by atoms with Crippen LogP contribution in [0.3, 0.4) is 0 Å². The summed E-state index contributed by atoms with van der Waals surface area (Å²) in [4.78, 5) is 15.1. The highest BCUT2D eigenvalue weighted by Crippen LogP contribution is 2.23. The third-order valence-corrected chi connectivity index (χ3v) is 4.22. The van der Waals surface area contributed by atoms with Crippen LogP contribution < -0.4 is 5.32 Å². The van der Waals surface area contributed by atoms with Crippen molar-refractivity contribution in [1.29, 1.82) is 0 Å². The van der Waals surface area contributed by atoms with E-state index in [0.29, 0.717) is 27.6 Å². The molecule has 3 rings (SSSR count). The average molecular weight is 391 g/mol. The fourth-order valence-electron chi connectivity index (χ4n) is 2.53. The van der Waals surface area contributed by atoms with Crippen LogP contribution in [0.1, 0.15) is 22.5 Å². The minimum atomic E-state index is -0.373. The van der Waals surface area contributed by atoms with Crippen LogP contribution in [-0.4, -0.2) is 22.5 Å². The summed E-state index contributed by atoms with van der Waals surface area (Å²) in [5, 5.41) is 12.5. The number of nitrogens with one attached hydrogen (secondary N) is 2. The largest absolute Gasteiger partial charge is 0.508 e. The van der Waals surface area contributed by atoms with E-state index in [1.165, 1.54) is 12.1 Å². The van der Waals surface area contributed by atoms with Crippen molar-refractivity contribution in [2.75, 3.05) is 6.54 Å². The van der Waals surface area contributed by atoms with E-state index in [1.54, 1.807) is 18.2 Å². The van der Waals surface area contributed by atoms with Crippen molar-refractivity contribution < 1.29 is 14.3 Å². The Bertz CT molecular complexity index is 875. The van der Waals surface area contributed by atoms with Gasteiger partial charge in [0.15, 0.2) is 0 Å². The zero-order valence-electron chi connectivity index (χ0n) is 12.8. The summed E-state index contributed by atoms with van der Waals surface area (Å²) >= 11 is 3.23. The van der Waals surface area contributed by atoms with Crippen molar-refractivity contribution >= 4 is 32.7 Å².